The Morgan fingerprint density at radius 3 is 2.12 bits per heavy atom. The normalized spacial score (nSPS) is 7.50. The second-order valence-electron chi connectivity index (χ2n) is 2.34. The molecule has 0 fully saturated rings. The fourth-order valence-corrected chi connectivity index (χ4v) is 0.462. The van der Waals surface area contributed by atoms with Crippen LogP contribution in [0.4, 0.5) is 0 Å². The van der Waals surface area contributed by atoms with E-state index >= 15 is 0 Å². The largest absolute Gasteiger partial charge is 0.395 e. The van der Waals surface area contributed by atoms with Crippen molar-refractivity contribution < 1.29 is 14.7 Å². The van der Waals surface area contributed by atoms with Gasteiger partial charge in [-0.15, -0.1) is 6.42 Å². The number of hydrogen-bond acceptors (Lipinski definition) is 3. The molecule has 3 N–H and O–H groups in total. The van der Waals surface area contributed by atoms with Crippen LogP contribution >= 0.6 is 0 Å². The molecule has 0 bridgehead atoms. The van der Waals surface area contributed by atoms with Crippen LogP contribution in [0.2, 0.25) is 0 Å². The first-order valence-corrected chi connectivity index (χ1v) is 4.47. The molecular weight excluding hydrogens is 208 g/mol. The molecule has 5 nitrogen and oxygen atoms in total. The van der Waals surface area contributed by atoms with Crippen molar-refractivity contribution >= 4 is 11.8 Å². The Morgan fingerprint density at radius 1 is 1.25 bits per heavy atom. The third-order valence-corrected chi connectivity index (χ3v) is 1.15. The summed E-state index contributed by atoms with van der Waals surface area (Å²) in [5, 5.41) is 12.9. The molecule has 0 aliphatic heterocycles. The van der Waals surface area contributed by atoms with Crippen LogP contribution in [0, 0.1) is 12.3 Å². The lowest BCUT2D eigenvalue weighted by Crippen LogP contribution is -2.23. The summed E-state index contributed by atoms with van der Waals surface area (Å²) in [5.74, 6) is 1.77. The van der Waals surface area contributed by atoms with Crippen molar-refractivity contribution in [3.63, 3.8) is 0 Å². The van der Waals surface area contributed by atoms with Crippen molar-refractivity contribution in [3.05, 3.63) is 25.3 Å². The van der Waals surface area contributed by atoms with Crippen LogP contribution in [-0.4, -0.2) is 36.6 Å². The molecule has 2 amide bonds. The van der Waals surface area contributed by atoms with Gasteiger partial charge in [0.1, 0.15) is 0 Å². The molecule has 0 saturated heterocycles. The molecule has 0 aromatic carbocycles. The van der Waals surface area contributed by atoms with Crippen molar-refractivity contribution in [2.45, 2.75) is 0 Å². The van der Waals surface area contributed by atoms with Crippen LogP contribution in [-0.2, 0) is 9.59 Å². The van der Waals surface area contributed by atoms with E-state index in [1.165, 1.54) is 6.08 Å². The molecule has 0 rings (SSSR count). The molecule has 0 aliphatic rings. The molecule has 16 heavy (non-hydrogen) atoms. The van der Waals surface area contributed by atoms with Gasteiger partial charge in [-0.05, 0) is 12.2 Å². The molecule has 5 heteroatoms. The van der Waals surface area contributed by atoms with Crippen molar-refractivity contribution in [2.24, 2.45) is 0 Å². The van der Waals surface area contributed by atoms with E-state index in [1.807, 2.05) is 0 Å². The van der Waals surface area contributed by atoms with Crippen LogP contribution in [0.25, 0.3) is 0 Å². The summed E-state index contributed by atoms with van der Waals surface area (Å²) in [6, 6.07) is 0. The van der Waals surface area contributed by atoms with Gasteiger partial charge in [0.05, 0.1) is 13.2 Å². The van der Waals surface area contributed by atoms with Crippen LogP contribution < -0.4 is 10.6 Å². The minimum atomic E-state index is -0.251. The maximum absolute atomic E-state index is 10.2. The Hall–Kier alpha value is -2.06. The number of amides is 2. The second-order valence-corrected chi connectivity index (χ2v) is 2.34. The highest BCUT2D eigenvalue weighted by Gasteiger charge is 1.87. The zero-order valence-electron chi connectivity index (χ0n) is 9.03. The van der Waals surface area contributed by atoms with E-state index in [0.717, 1.165) is 6.08 Å². The SMILES string of the molecule is C#CCNC(=O)C=C.C=CC(=O)NCCO. The smallest absolute Gasteiger partial charge is 0.244 e. The molecule has 0 unspecified atom stereocenters. The fourth-order valence-electron chi connectivity index (χ4n) is 0.462. The number of carbonyl (C=O) groups is 2. The Bertz CT molecular complexity index is 279. The molecule has 0 aromatic heterocycles. The van der Waals surface area contributed by atoms with Gasteiger partial charge >= 0.3 is 0 Å². The molecule has 0 radical (unpaired) electrons. The monoisotopic (exact) mass is 224 g/mol. The highest BCUT2D eigenvalue weighted by atomic mass is 16.3. The Labute approximate surface area is 95.2 Å². The Balaban J connectivity index is 0. The van der Waals surface area contributed by atoms with Crippen molar-refractivity contribution in [3.8, 4) is 12.3 Å². The second kappa shape index (κ2) is 12.9. The highest BCUT2D eigenvalue weighted by Crippen LogP contribution is 1.63. The third kappa shape index (κ3) is 14.5. The summed E-state index contributed by atoms with van der Waals surface area (Å²) < 4.78 is 0. The number of carbonyl (C=O) groups excluding carboxylic acids is 2. The molecule has 88 valence electrons. The Morgan fingerprint density at radius 2 is 1.75 bits per heavy atom. The van der Waals surface area contributed by atoms with Crippen LogP contribution in [0.5, 0.6) is 0 Å². The average Bonchev–Trinajstić information content (AvgIpc) is 2.33. The van der Waals surface area contributed by atoms with Gasteiger partial charge in [0.2, 0.25) is 11.8 Å². The molecule has 0 saturated carbocycles. The molecule has 0 aliphatic carbocycles. The lowest BCUT2D eigenvalue weighted by Gasteiger charge is -1.94. The van der Waals surface area contributed by atoms with E-state index in [0.29, 0.717) is 6.54 Å². The first kappa shape index (κ1) is 16.4. The lowest BCUT2D eigenvalue weighted by atomic mass is 10.5. The third-order valence-electron chi connectivity index (χ3n) is 1.15. The zero-order chi connectivity index (χ0) is 12.8. The van der Waals surface area contributed by atoms with E-state index in [2.05, 4.69) is 29.7 Å². The molecular formula is C11H16N2O3. The number of hydrogen-bond donors (Lipinski definition) is 3. The fraction of sp³-hybridized carbons (Fsp3) is 0.273. The van der Waals surface area contributed by atoms with Crippen LogP contribution in [0.15, 0.2) is 25.3 Å². The lowest BCUT2D eigenvalue weighted by molar-refractivity contribution is -0.117. The number of aliphatic hydroxyl groups is 1. The Kier molecular flexibility index (Phi) is 13.2. The minimum Gasteiger partial charge on any atom is -0.395 e. The molecule has 0 spiro atoms. The average molecular weight is 224 g/mol. The summed E-state index contributed by atoms with van der Waals surface area (Å²) in [6.45, 7) is 6.99. The maximum atomic E-state index is 10.2. The van der Waals surface area contributed by atoms with Crippen molar-refractivity contribution in [2.75, 3.05) is 19.7 Å². The van der Waals surface area contributed by atoms with Gasteiger partial charge < -0.3 is 15.7 Å². The number of aliphatic hydroxyl groups excluding tert-OH is 1. The first-order valence-electron chi connectivity index (χ1n) is 4.47. The van der Waals surface area contributed by atoms with E-state index in [1.54, 1.807) is 0 Å². The molecule has 0 atom stereocenters. The quantitative estimate of drug-likeness (QED) is 0.423. The molecule has 0 heterocycles. The van der Waals surface area contributed by atoms with E-state index in [9.17, 15) is 9.59 Å². The maximum Gasteiger partial charge on any atom is 0.244 e. The van der Waals surface area contributed by atoms with Gasteiger partial charge in [-0.1, -0.05) is 19.1 Å². The molecule has 0 aromatic rings. The van der Waals surface area contributed by atoms with Gasteiger partial charge in [-0.3, -0.25) is 9.59 Å². The van der Waals surface area contributed by atoms with E-state index in [-0.39, 0.29) is 25.0 Å². The first-order chi connectivity index (χ1) is 7.62. The topological polar surface area (TPSA) is 78.4 Å². The van der Waals surface area contributed by atoms with Gasteiger partial charge in [-0.2, -0.15) is 0 Å². The van der Waals surface area contributed by atoms with Crippen molar-refractivity contribution in [1.82, 2.24) is 10.6 Å². The zero-order valence-corrected chi connectivity index (χ0v) is 9.03. The van der Waals surface area contributed by atoms with Crippen molar-refractivity contribution in [1.29, 1.82) is 0 Å². The predicted molar refractivity (Wildman–Crippen MR) is 62.3 cm³/mol. The van der Waals surface area contributed by atoms with Gasteiger partial charge in [0, 0.05) is 6.54 Å². The number of terminal acetylenes is 1. The van der Waals surface area contributed by atoms with Gasteiger partial charge in [0.15, 0.2) is 0 Å². The van der Waals surface area contributed by atoms with Crippen LogP contribution in [0.1, 0.15) is 0 Å². The summed E-state index contributed by atoms with van der Waals surface area (Å²) in [7, 11) is 0. The summed E-state index contributed by atoms with van der Waals surface area (Å²) in [5.41, 5.74) is 0. The summed E-state index contributed by atoms with van der Waals surface area (Å²) >= 11 is 0. The minimum absolute atomic E-state index is 0.0282. The van der Waals surface area contributed by atoms with Gasteiger partial charge in [0.25, 0.3) is 0 Å². The summed E-state index contributed by atoms with van der Waals surface area (Å²) in [6.07, 6.45) is 7.17. The van der Waals surface area contributed by atoms with Gasteiger partial charge in [-0.25, -0.2) is 0 Å². The standard InChI is InChI=1S/C6H7NO.C5H9NO2/c1-3-5-7-6(8)4-2;1-2-5(8)6-3-4-7/h1,4H,2,5H2,(H,7,8);2,7H,1,3-4H2,(H,6,8). The summed E-state index contributed by atoms with van der Waals surface area (Å²) in [4.78, 5) is 20.5. The van der Waals surface area contributed by atoms with Crippen LogP contribution in [0.3, 0.4) is 0 Å². The number of nitrogens with one attached hydrogen (secondary N) is 2. The predicted octanol–water partition coefficient (Wildman–Crippen LogP) is -0.797. The van der Waals surface area contributed by atoms with E-state index in [4.69, 9.17) is 11.5 Å². The van der Waals surface area contributed by atoms with E-state index < -0.39 is 0 Å². The number of rotatable bonds is 5. The highest BCUT2D eigenvalue weighted by molar-refractivity contribution is 5.87.